The molecule has 1 fully saturated rings. The summed E-state index contributed by atoms with van der Waals surface area (Å²) in [6, 6.07) is 3.75. The van der Waals surface area contributed by atoms with Gasteiger partial charge in [-0.15, -0.1) is 0 Å². The van der Waals surface area contributed by atoms with Crippen LogP contribution in [0.2, 0.25) is 0 Å². The van der Waals surface area contributed by atoms with Crippen LogP contribution in [-0.2, 0) is 13.1 Å². The number of hydrogen-bond acceptors (Lipinski definition) is 4. The van der Waals surface area contributed by atoms with Gasteiger partial charge in [-0.3, -0.25) is 9.69 Å². The predicted octanol–water partition coefficient (Wildman–Crippen LogP) is 4.38. The lowest BCUT2D eigenvalue weighted by molar-refractivity contribution is 0.0718. The van der Waals surface area contributed by atoms with E-state index in [-0.39, 0.29) is 11.9 Å². The maximum Gasteiger partial charge on any atom is 0.275 e. The van der Waals surface area contributed by atoms with Crippen molar-refractivity contribution in [3.63, 3.8) is 0 Å². The van der Waals surface area contributed by atoms with Crippen molar-refractivity contribution in [1.29, 1.82) is 0 Å². The van der Waals surface area contributed by atoms with Crippen molar-refractivity contribution in [2.24, 2.45) is 0 Å². The smallest absolute Gasteiger partial charge is 0.275 e. The van der Waals surface area contributed by atoms with Gasteiger partial charge in [0.1, 0.15) is 17.9 Å². The molecule has 1 aliphatic heterocycles. The molecule has 0 radical (unpaired) electrons. The van der Waals surface area contributed by atoms with Crippen LogP contribution < -0.4 is 0 Å². The Kier molecular flexibility index (Phi) is 6.78. The number of nitrogens with zero attached hydrogens (tertiary/aromatic N) is 3. The van der Waals surface area contributed by atoms with Gasteiger partial charge in [0.15, 0.2) is 5.69 Å². The number of carbonyl (C=O) groups is 1. The van der Waals surface area contributed by atoms with Crippen molar-refractivity contribution in [3.05, 3.63) is 53.2 Å². The maximum absolute atomic E-state index is 14.1. The predicted molar refractivity (Wildman–Crippen MR) is 102 cm³/mol. The Morgan fingerprint density at radius 2 is 2.00 bits per heavy atom. The monoisotopic (exact) mass is 391 g/mol. The first-order valence-corrected chi connectivity index (χ1v) is 9.89. The number of oxazole rings is 1. The summed E-state index contributed by atoms with van der Waals surface area (Å²) in [5.41, 5.74) is 0.729. The van der Waals surface area contributed by atoms with Gasteiger partial charge in [-0.05, 0) is 38.7 Å². The zero-order chi connectivity index (χ0) is 20.1. The summed E-state index contributed by atoms with van der Waals surface area (Å²) in [4.78, 5) is 20.8. The molecule has 152 valence electrons. The molecule has 28 heavy (non-hydrogen) atoms. The Morgan fingerprint density at radius 1 is 1.25 bits per heavy atom. The number of likely N-dealkylation sites (tertiary alicyclic amines) is 1. The number of benzene rings is 1. The summed E-state index contributed by atoms with van der Waals surface area (Å²) in [5.74, 6) is -0.843. The van der Waals surface area contributed by atoms with E-state index in [9.17, 15) is 13.6 Å². The molecule has 1 unspecified atom stereocenters. The molecular weight excluding hydrogens is 364 g/mol. The molecule has 1 amide bonds. The fourth-order valence-electron chi connectivity index (χ4n) is 3.41. The van der Waals surface area contributed by atoms with Gasteiger partial charge < -0.3 is 9.32 Å². The minimum atomic E-state index is -0.593. The van der Waals surface area contributed by atoms with E-state index >= 15 is 0 Å². The third kappa shape index (κ3) is 4.95. The van der Waals surface area contributed by atoms with Crippen LogP contribution in [0.25, 0.3) is 0 Å². The molecule has 7 heteroatoms. The van der Waals surface area contributed by atoms with Crippen molar-refractivity contribution >= 4 is 5.91 Å². The average molecular weight is 391 g/mol. The molecule has 1 saturated heterocycles. The van der Waals surface area contributed by atoms with Crippen molar-refractivity contribution in [2.45, 2.75) is 58.7 Å². The van der Waals surface area contributed by atoms with E-state index in [1.165, 1.54) is 18.4 Å². The summed E-state index contributed by atoms with van der Waals surface area (Å²) >= 11 is 0. The molecule has 0 N–H and O–H groups in total. The second-order valence-electron chi connectivity index (χ2n) is 7.38. The summed E-state index contributed by atoms with van der Waals surface area (Å²) < 4.78 is 32.8. The number of carbonyl (C=O) groups excluding carboxylic acids is 1. The first-order valence-electron chi connectivity index (χ1n) is 9.89. The third-order valence-corrected chi connectivity index (χ3v) is 5.36. The lowest BCUT2D eigenvalue weighted by Crippen LogP contribution is -2.36. The third-order valence-electron chi connectivity index (χ3n) is 5.36. The first kappa shape index (κ1) is 20.5. The number of aromatic nitrogens is 1. The zero-order valence-electron chi connectivity index (χ0n) is 16.5. The van der Waals surface area contributed by atoms with Crippen molar-refractivity contribution in [2.75, 3.05) is 13.1 Å². The molecule has 0 saturated carbocycles. The lowest BCUT2D eigenvalue weighted by Gasteiger charge is -2.27. The van der Waals surface area contributed by atoms with E-state index in [4.69, 9.17) is 4.42 Å². The molecule has 1 aromatic heterocycles. The molecule has 1 aromatic carbocycles. The number of hydrogen-bond donors (Lipinski definition) is 0. The van der Waals surface area contributed by atoms with Crippen LogP contribution in [-0.4, -0.2) is 39.8 Å². The van der Waals surface area contributed by atoms with E-state index in [1.807, 2.05) is 23.6 Å². The lowest BCUT2D eigenvalue weighted by atomic mass is 10.1. The highest BCUT2D eigenvalue weighted by molar-refractivity contribution is 5.92. The average Bonchev–Trinajstić information content (AvgIpc) is 3.17. The van der Waals surface area contributed by atoms with Gasteiger partial charge in [-0.2, -0.15) is 0 Å². The van der Waals surface area contributed by atoms with Crippen LogP contribution in [0.1, 0.15) is 61.5 Å². The Bertz CT molecular complexity index is 803. The maximum atomic E-state index is 14.1. The highest BCUT2D eigenvalue weighted by Gasteiger charge is 2.23. The fraction of sp³-hybridized carbons (Fsp3) is 0.524. The minimum Gasteiger partial charge on any atom is -0.447 e. The highest BCUT2D eigenvalue weighted by atomic mass is 19.1. The highest BCUT2D eigenvalue weighted by Crippen LogP contribution is 2.19. The summed E-state index contributed by atoms with van der Waals surface area (Å²) in [6.45, 7) is 6.23. The molecule has 2 heterocycles. The molecule has 0 aliphatic carbocycles. The molecule has 2 aromatic rings. The number of halogens is 2. The van der Waals surface area contributed by atoms with Crippen molar-refractivity contribution in [3.8, 4) is 0 Å². The minimum absolute atomic E-state index is 0.102. The van der Waals surface area contributed by atoms with Crippen LogP contribution >= 0.6 is 0 Å². The van der Waals surface area contributed by atoms with Crippen LogP contribution in [0.15, 0.2) is 28.9 Å². The number of rotatable bonds is 7. The van der Waals surface area contributed by atoms with E-state index < -0.39 is 11.6 Å². The summed E-state index contributed by atoms with van der Waals surface area (Å²) in [7, 11) is 0. The van der Waals surface area contributed by atoms with Crippen LogP contribution in [0.5, 0.6) is 0 Å². The normalized spacial score (nSPS) is 15.8. The van der Waals surface area contributed by atoms with Crippen LogP contribution in [0.4, 0.5) is 8.78 Å². The van der Waals surface area contributed by atoms with E-state index in [0.29, 0.717) is 30.2 Å². The molecule has 1 aliphatic rings. The van der Waals surface area contributed by atoms with E-state index in [1.54, 1.807) is 0 Å². The Morgan fingerprint density at radius 3 is 2.68 bits per heavy atom. The van der Waals surface area contributed by atoms with Gasteiger partial charge in [0.25, 0.3) is 5.91 Å². The number of amides is 1. The van der Waals surface area contributed by atoms with Crippen molar-refractivity contribution < 1.29 is 18.0 Å². The SMILES string of the molecule is CCC(C)N(Cc1nc(C(=O)N2CCCCC2)co1)Cc1ccc(F)cc1F. The molecule has 1 atom stereocenters. The van der Waals surface area contributed by atoms with E-state index in [2.05, 4.69) is 4.98 Å². The molecule has 0 spiro atoms. The van der Waals surface area contributed by atoms with Gasteiger partial charge in [0.2, 0.25) is 5.89 Å². The largest absolute Gasteiger partial charge is 0.447 e. The Labute approximate surface area is 164 Å². The summed E-state index contributed by atoms with van der Waals surface area (Å²) in [6.07, 6.45) is 5.43. The van der Waals surface area contributed by atoms with Crippen LogP contribution in [0, 0.1) is 11.6 Å². The van der Waals surface area contributed by atoms with Gasteiger partial charge in [-0.25, -0.2) is 13.8 Å². The van der Waals surface area contributed by atoms with Gasteiger partial charge in [0.05, 0.1) is 6.54 Å². The number of piperidine rings is 1. The molecule has 3 rings (SSSR count). The van der Waals surface area contributed by atoms with E-state index in [0.717, 1.165) is 44.8 Å². The van der Waals surface area contributed by atoms with Crippen molar-refractivity contribution in [1.82, 2.24) is 14.8 Å². The topological polar surface area (TPSA) is 49.6 Å². The summed E-state index contributed by atoms with van der Waals surface area (Å²) in [5, 5.41) is 0. The Balaban J connectivity index is 1.71. The standard InChI is InChI=1S/C21H27F2N3O2/c1-3-15(2)26(12-16-7-8-17(22)11-18(16)23)13-20-24-19(14-28-20)21(27)25-9-5-4-6-10-25/h7-8,11,14-15H,3-6,9-10,12-13H2,1-2H3. The van der Waals surface area contributed by atoms with Crippen LogP contribution in [0.3, 0.4) is 0 Å². The van der Waals surface area contributed by atoms with Gasteiger partial charge in [-0.1, -0.05) is 13.0 Å². The second kappa shape index (κ2) is 9.28. The quantitative estimate of drug-likeness (QED) is 0.703. The molecule has 0 bridgehead atoms. The van der Waals surface area contributed by atoms with Gasteiger partial charge in [0, 0.05) is 37.3 Å². The zero-order valence-corrected chi connectivity index (χ0v) is 16.5. The first-order chi connectivity index (χ1) is 13.5. The second-order valence-corrected chi connectivity index (χ2v) is 7.38. The molecular formula is C21H27F2N3O2. The molecule has 5 nitrogen and oxygen atoms in total. The van der Waals surface area contributed by atoms with Gasteiger partial charge >= 0.3 is 0 Å². The Hall–Kier alpha value is -2.28. The fourth-order valence-corrected chi connectivity index (χ4v) is 3.41.